The van der Waals surface area contributed by atoms with Gasteiger partial charge in [-0.05, 0) is 59.3 Å². The SMILES string of the molecule is CCC1CCC(C)N(c2ccc(CO)cc2Br)C1. The maximum Gasteiger partial charge on any atom is 0.0682 e. The zero-order valence-corrected chi connectivity index (χ0v) is 12.8. The van der Waals surface area contributed by atoms with E-state index in [-0.39, 0.29) is 6.61 Å². The summed E-state index contributed by atoms with van der Waals surface area (Å²) in [6.45, 7) is 5.84. The molecule has 2 unspecified atom stereocenters. The number of hydrogen-bond acceptors (Lipinski definition) is 2. The van der Waals surface area contributed by atoms with E-state index >= 15 is 0 Å². The monoisotopic (exact) mass is 311 g/mol. The molecule has 0 radical (unpaired) electrons. The normalized spacial score (nSPS) is 24.3. The predicted octanol–water partition coefficient (Wildman–Crippen LogP) is 3.96. The summed E-state index contributed by atoms with van der Waals surface area (Å²) < 4.78 is 1.10. The van der Waals surface area contributed by atoms with Gasteiger partial charge in [0.2, 0.25) is 0 Å². The molecule has 2 rings (SSSR count). The van der Waals surface area contributed by atoms with Gasteiger partial charge in [0.15, 0.2) is 0 Å². The summed E-state index contributed by atoms with van der Waals surface area (Å²) in [5, 5.41) is 9.16. The number of hydrogen-bond donors (Lipinski definition) is 1. The van der Waals surface area contributed by atoms with Crippen molar-refractivity contribution in [2.24, 2.45) is 5.92 Å². The van der Waals surface area contributed by atoms with Crippen LogP contribution >= 0.6 is 15.9 Å². The Balaban J connectivity index is 2.23. The van der Waals surface area contributed by atoms with Crippen LogP contribution in [-0.2, 0) is 6.61 Å². The summed E-state index contributed by atoms with van der Waals surface area (Å²) in [4.78, 5) is 2.50. The first kappa shape index (κ1) is 13.9. The molecule has 0 saturated carbocycles. The topological polar surface area (TPSA) is 23.5 Å². The Labute approximate surface area is 118 Å². The van der Waals surface area contributed by atoms with E-state index in [1.54, 1.807) is 0 Å². The summed E-state index contributed by atoms with van der Waals surface area (Å²) in [7, 11) is 0. The Bertz CT molecular complexity index is 407. The predicted molar refractivity (Wildman–Crippen MR) is 79.9 cm³/mol. The molecule has 18 heavy (non-hydrogen) atoms. The minimum atomic E-state index is 0.103. The number of nitrogens with zero attached hydrogens (tertiary/aromatic N) is 1. The molecule has 100 valence electrons. The van der Waals surface area contributed by atoms with Gasteiger partial charge in [-0.3, -0.25) is 0 Å². The van der Waals surface area contributed by atoms with Gasteiger partial charge in [-0.15, -0.1) is 0 Å². The van der Waals surface area contributed by atoms with Crippen molar-refractivity contribution in [3.8, 4) is 0 Å². The van der Waals surface area contributed by atoms with Gasteiger partial charge in [0, 0.05) is 17.1 Å². The molecule has 1 heterocycles. The number of aliphatic hydroxyl groups is 1. The van der Waals surface area contributed by atoms with Crippen LogP contribution in [0.5, 0.6) is 0 Å². The van der Waals surface area contributed by atoms with Gasteiger partial charge < -0.3 is 10.0 Å². The van der Waals surface area contributed by atoms with Crippen LogP contribution in [0.1, 0.15) is 38.7 Å². The largest absolute Gasteiger partial charge is 0.392 e. The number of halogens is 1. The number of piperidine rings is 1. The third-order valence-corrected chi connectivity index (χ3v) is 4.70. The van der Waals surface area contributed by atoms with Crippen LogP contribution in [0.3, 0.4) is 0 Å². The van der Waals surface area contributed by atoms with Gasteiger partial charge in [0.25, 0.3) is 0 Å². The second-order valence-electron chi connectivity index (χ2n) is 5.30. The zero-order valence-electron chi connectivity index (χ0n) is 11.2. The second kappa shape index (κ2) is 6.07. The van der Waals surface area contributed by atoms with Gasteiger partial charge in [0.1, 0.15) is 0 Å². The molecule has 1 saturated heterocycles. The van der Waals surface area contributed by atoms with Gasteiger partial charge in [0.05, 0.1) is 12.3 Å². The Hall–Kier alpha value is -0.540. The first-order valence-electron chi connectivity index (χ1n) is 6.81. The van der Waals surface area contributed by atoms with E-state index in [1.165, 1.54) is 24.9 Å². The fraction of sp³-hybridized carbons (Fsp3) is 0.600. The highest BCUT2D eigenvalue weighted by molar-refractivity contribution is 9.10. The van der Waals surface area contributed by atoms with Crippen molar-refractivity contribution >= 4 is 21.6 Å². The zero-order chi connectivity index (χ0) is 13.1. The van der Waals surface area contributed by atoms with Gasteiger partial charge in [-0.1, -0.05) is 19.4 Å². The minimum absolute atomic E-state index is 0.103. The highest BCUT2D eigenvalue weighted by Gasteiger charge is 2.25. The molecule has 1 aromatic carbocycles. The van der Waals surface area contributed by atoms with Crippen LogP contribution in [-0.4, -0.2) is 17.7 Å². The number of benzene rings is 1. The summed E-state index contributed by atoms with van der Waals surface area (Å²) in [6.07, 6.45) is 3.88. The number of rotatable bonds is 3. The van der Waals surface area contributed by atoms with Gasteiger partial charge in [-0.2, -0.15) is 0 Å². The molecule has 0 bridgehead atoms. The standard InChI is InChI=1S/C15H22BrNO/c1-3-12-5-4-11(2)17(9-12)15-7-6-13(10-18)8-14(15)16/h6-8,11-12,18H,3-5,9-10H2,1-2H3. The van der Waals surface area contributed by atoms with Gasteiger partial charge >= 0.3 is 0 Å². The van der Waals surface area contributed by atoms with E-state index in [9.17, 15) is 0 Å². The van der Waals surface area contributed by atoms with E-state index < -0.39 is 0 Å². The van der Waals surface area contributed by atoms with Crippen molar-refractivity contribution in [2.45, 2.75) is 45.8 Å². The van der Waals surface area contributed by atoms with Crippen LogP contribution in [0.4, 0.5) is 5.69 Å². The molecule has 2 nitrogen and oxygen atoms in total. The Morgan fingerprint density at radius 3 is 2.78 bits per heavy atom. The van der Waals surface area contributed by atoms with E-state index in [0.717, 1.165) is 22.5 Å². The number of anilines is 1. The molecule has 3 heteroatoms. The molecule has 1 N–H and O–H groups in total. The lowest BCUT2D eigenvalue weighted by atomic mass is 9.91. The third-order valence-electron chi connectivity index (χ3n) is 4.06. The summed E-state index contributed by atoms with van der Waals surface area (Å²) in [5.74, 6) is 0.811. The molecule has 1 aliphatic rings. The lowest BCUT2D eigenvalue weighted by molar-refractivity contribution is 0.281. The summed E-state index contributed by atoms with van der Waals surface area (Å²) in [5.41, 5.74) is 2.22. The highest BCUT2D eigenvalue weighted by atomic mass is 79.9. The highest BCUT2D eigenvalue weighted by Crippen LogP contribution is 2.34. The van der Waals surface area contributed by atoms with Crippen molar-refractivity contribution < 1.29 is 5.11 Å². The average Bonchev–Trinajstić information content (AvgIpc) is 2.39. The first-order chi connectivity index (χ1) is 8.65. The van der Waals surface area contributed by atoms with Crippen molar-refractivity contribution in [3.05, 3.63) is 28.2 Å². The molecule has 1 aliphatic heterocycles. The van der Waals surface area contributed by atoms with Crippen LogP contribution < -0.4 is 4.90 Å². The molecular formula is C15H22BrNO. The molecule has 0 aromatic heterocycles. The van der Waals surface area contributed by atoms with Crippen molar-refractivity contribution in [3.63, 3.8) is 0 Å². The number of aliphatic hydroxyl groups excluding tert-OH is 1. The van der Waals surface area contributed by atoms with Gasteiger partial charge in [-0.25, -0.2) is 0 Å². The maximum atomic E-state index is 9.16. The molecule has 2 atom stereocenters. The van der Waals surface area contributed by atoms with E-state index in [4.69, 9.17) is 5.11 Å². The van der Waals surface area contributed by atoms with Crippen LogP contribution in [0, 0.1) is 5.92 Å². The fourth-order valence-electron chi connectivity index (χ4n) is 2.73. The van der Waals surface area contributed by atoms with Crippen molar-refractivity contribution in [2.75, 3.05) is 11.4 Å². The molecule has 1 aromatic rings. The molecule has 1 fully saturated rings. The summed E-state index contributed by atoms with van der Waals surface area (Å²) >= 11 is 3.64. The minimum Gasteiger partial charge on any atom is -0.392 e. The Morgan fingerprint density at radius 1 is 1.39 bits per heavy atom. The van der Waals surface area contributed by atoms with Crippen LogP contribution in [0.2, 0.25) is 0 Å². The van der Waals surface area contributed by atoms with Crippen LogP contribution in [0.15, 0.2) is 22.7 Å². The van der Waals surface area contributed by atoms with Crippen molar-refractivity contribution in [1.82, 2.24) is 0 Å². The maximum absolute atomic E-state index is 9.16. The van der Waals surface area contributed by atoms with Crippen LogP contribution in [0.25, 0.3) is 0 Å². The van der Waals surface area contributed by atoms with E-state index in [1.807, 2.05) is 12.1 Å². The summed E-state index contributed by atoms with van der Waals surface area (Å²) in [6, 6.07) is 6.77. The molecule has 0 aliphatic carbocycles. The third kappa shape index (κ3) is 2.89. The lowest BCUT2D eigenvalue weighted by Crippen LogP contribution is -2.41. The Kier molecular flexibility index (Phi) is 4.68. The molecular weight excluding hydrogens is 290 g/mol. The fourth-order valence-corrected chi connectivity index (χ4v) is 3.39. The molecule has 0 amide bonds. The lowest BCUT2D eigenvalue weighted by Gasteiger charge is -2.40. The Morgan fingerprint density at radius 2 is 2.17 bits per heavy atom. The first-order valence-corrected chi connectivity index (χ1v) is 7.61. The van der Waals surface area contributed by atoms with E-state index in [2.05, 4.69) is 40.7 Å². The smallest absolute Gasteiger partial charge is 0.0682 e. The van der Waals surface area contributed by atoms with Crippen molar-refractivity contribution in [1.29, 1.82) is 0 Å². The van der Waals surface area contributed by atoms with E-state index in [0.29, 0.717) is 6.04 Å². The molecule has 0 spiro atoms. The second-order valence-corrected chi connectivity index (χ2v) is 6.15. The quantitative estimate of drug-likeness (QED) is 0.913. The average molecular weight is 312 g/mol.